The molecule has 1 aliphatic heterocycles. The minimum atomic E-state index is -0.997. The molecule has 0 saturated carbocycles. The van der Waals surface area contributed by atoms with Crippen LogP contribution in [0.4, 0.5) is 0 Å². The van der Waals surface area contributed by atoms with Crippen LogP contribution in [0.2, 0.25) is 0 Å². The second-order valence-corrected chi connectivity index (χ2v) is 7.97. The lowest BCUT2D eigenvalue weighted by Crippen LogP contribution is -2.50. The van der Waals surface area contributed by atoms with E-state index in [2.05, 4.69) is 20.8 Å². The number of amides is 1. The van der Waals surface area contributed by atoms with Gasteiger partial charge >= 0.3 is 0 Å². The Labute approximate surface area is 138 Å². The van der Waals surface area contributed by atoms with Crippen molar-refractivity contribution in [3.05, 3.63) is 35.4 Å². The molecule has 1 amide bonds. The van der Waals surface area contributed by atoms with Gasteiger partial charge in [0.25, 0.3) is 5.91 Å². The average Bonchev–Trinajstić information content (AvgIpc) is 2.94. The zero-order valence-electron chi connectivity index (χ0n) is 14.7. The quantitative estimate of drug-likeness (QED) is 0.689. The van der Waals surface area contributed by atoms with Crippen LogP contribution in [0.25, 0.3) is 0 Å². The second-order valence-electron chi connectivity index (χ2n) is 7.97. The molecular formula is C19H27NO3. The predicted octanol–water partition coefficient (Wildman–Crippen LogP) is 2.93. The Hall–Kier alpha value is -1.68. The van der Waals surface area contributed by atoms with Crippen LogP contribution in [0.1, 0.15) is 63.4 Å². The van der Waals surface area contributed by atoms with Crippen molar-refractivity contribution in [1.29, 1.82) is 0 Å². The topological polar surface area (TPSA) is 57.6 Å². The number of hydrogen-bond donors (Lipinski definition) is 1. The molecule has 126 valence electrons. The van der Waals surface area contributed by atoms with Crippen molar-refractivity contribution in [2.75, 3.05) is 6.54 Å². The van der Waals surface area contributed by atoms with E-state index in [0.717, 1.165) is 18.4 Å². The van der Waals surface area contributed by atoms with E-state index in [0.29, 0.717) is 12.1 Å². The van der Waals surface area contributed by atoms with Crippen LogP contribution < -0.4 is 0 Å². The third-order valence-corrected chi connectivity index (χ3v) is 4.54. The van der Waals surface area contributed by atoms with E-state index in [1.807, 2.05) is 12.1 Å². The fourth-order valence-electron chi connectivity index (χ4n) is 3.12. The van der Waals surface area contributed by atoms with E-state index in [1.165, 1.54) is 4.90 Å². The van der Waals surface area contributed by atoms with Gasteiger partial charge < -0.3 is 10.0 Å². The number of rotatable bonds is 3. The lowest BCUT2D eigenvalue weighted by Gasteiger charge is -2.33. The molecule has 1 aliphatic rings. The highest BCUT2D eigenvalue weighted by atomic mass is 16.3. The maximum atomic E-state index is 12.5. The van der Waals surface area contributed by atoms with Crippen LogP contribution in [0, 0.1) is 0 Å². The van der Waals surface area contributed by atoms with Crippen molar-refractivity contribution in [2.45, 2.75) is 64.5 Å². The first-order valence-electron chi connectivity index (χ1n) is 8.20. The van der Waals surface area contributed by atoms with Crippen LogP contribution in [0.3, 0.4) is 0 Å². The molecule has 0 radical (unpaired) electrons. The summed E-state index contributed by atoms with van der Waals surface area (Å²) in [4.78, 5) is 26.6. The molecule has 0 aromatic heterocycles. The van der Waals surface area contributed by atoms with Gasteiger partial charge in [-0.15, -0.1) is 0 Å². The molecule has 1 aromatic carbocycles. The summed E-state index contributed by atoms with van der Waals surface area (Å²) in [5.74, 6) is -1.01. The molecule has 0 bridgehead atoms. The van der Waals surface area contributed by atoms with Crippen LogP contribution >= 0.6 is 0 Å². The van der Waals surface area contributed by atoms with Crippen molar-refractivity contribution in [2.24, 2.45) is 0 Å². The van der Waals surface area contributed by atoms with Crippen LogP contribution in [-0.2, 0) is 10.2 Å². The first-order chi connectivity index (χ1) is 10.5. The lowest BCUT2D eigenvalue weighted by atomic mass is 9.86. The molecule has 1 unspecified atom stereocenters. The summed E-state index contributed by atoms with van der Waals surface area (Å²) >= 11 is 0. The molecule has 1 N–H and O–H groups in total. The van der Waals surface area contributed by atoms with Crippen molar-refractivity contribution in [3.8, 4) is 0 Å². The third kappa shape index (κ3) is 3.81. The summed E-state index contributed by atoms with van der Waals surface area (Å²) in [5.41, 5.74) is 0.538. The molecule has 1 saturated heterocycles. The van der Waals surface area contributed by atoms with Gasteiger partial charge in [-0.05, 0) is 37.7 Å². The number of hydrogen-bond acceptors (Lipinski definition) is 3. The Bertz CT molecular complexity index is 591. The first kappa shape index (κ1) is 17.7. The summed E-state index contributed by atoms with van der Waals surface area (Å²) < 4.78 is 0. The van der Waals surface area contributed by atoms with Gasteiger partial charge in [0.2, 0.25) is 5.78 Å². The Morgan fingerprint density at radius 3 is 2.13 bits per heavy atom. The third-order valence-electron chi connectivity index (χ3n) is 4.54. The number of carbonyl (C=O) groups is 2. The smallest absolute Gasteiger partial charge is 0.295 e. The van der Waals surface area contributed by atoms with Gasteiger partial charge in [0, 0.05) is 12.1 Å². The summed E-state index contributed by atoms with van der Waals surface area (Å²) in [6.07, 6.45) is 1.54. The fraction of sp³-hybridized carbons (Fsp3) is 0.579. The Kier molecular flexibility index (Phi) is 4.67. The van der Waals surface area contributed by atoms with Gasteiger partial charge in [0.1, 0.15) is 0 Å². The lowest BCUT2D eigenvalue weighted by molar-refractivity contribution is -0.131. The summed E-state index contributed by atoms with van der Waals surface area (Å²) in [6.45, 7) is 10.2. The highest BCUT2D eigenvalue weighted by Crippen LogP contribution is 2.28. The molecule has 4 nitrogen and oxygen atoms in total. The molecule has 1 aromatic rings. The van der Waals surface area contributed by atoms with E-state index in [9.17, 15) is 14.7 Å². The monoisotopic (exact) mass is 317 g/mol. The second kappa shape index (κ2) is 6.08. The molecule has 1 atom stereocenters. The van der Waals surface area contributed by atoms with Crippen molar-refractivity contribution >= 4 is 11.7 Å². The van der Waals surface area contributed by atoms with E-state index in [4.69, 9.17) is 0 Å². The molecule has 0 spiro atoms. The minimum Gasteiger partial charge on any atom is -0.388 e. The maximum absolute atomic E-state index is 12.5. The first-order valence-corrected chi connectivity index (χ1v) is 8.20. The number of Topliss-reactive ketones (excluding diaryl/α,β-unsaturated/α-hetero) is 1. The normalized spacial score (nSPS) is 19.0. The number of ketones is 1. The number of benzene rings is 1. The van der Waals surface area contributed by atoms with E-state index in [1.54, 1.807) is 26.0 Å². The van der Waals surface area contributed by atoms with Crippen molar-refractivity contribution in [3.63, 3.8) is 0 Å². The fourth-order valence-corrected chi connectivity index (χ4v) is 3.12. The molecular weight excluding hydrogens is 290 g/mol. The maximum Gasteiger partial charge on any atom is 0.295 e. The van der Waals surface area contributed by atoms with E-state index in [-0.39, 0.29) is 11.5 Å². The number of aliphatic hydroxyl groups is 1. The Balaban J connectivity index is 2.18. The summed E-state index contributed by atoms with van der Waals surface area (Å²) in [6, 6.07) is 6.94. The summed E-state index contributed by atoms with van der Waals surface area (Å²) in [7, 11) is 0. The standard InChI is InChI=1S/C19H27NO3/c1-18(2,3)14-10-8-13(9-11-14)16(21)17(22)20-12-6-7-15(20)19(4,5)23/h8-11,15,23H,6-7,12H2,1-5H3. The minimum absolute atomic E-state index is 0.00649. The van der Waals surface area contributed by atoms with Crippen molar-refractivity contribution < 1.29 is 14.7 Å². The van der Waals surface area contributed by atoms with Gasteiger partial charge in [-0.1, -0.05) is 45.0 Å². The molecule has 0 aliphatic carbocycles. The molecule has 1 fully saturated rings. The van der Waals surface area contributed by atoms with Gasteiger partial charge in [-0.3, -0.25) is 9.59 Å². The van der Waals surface area contributed by atoms with E-state index < -0.39 is 17.3 Å². The SMILES string of the molecule is CC(C)(C)c1ccc(C(=O)C(=O)N2CCCC2C(C)(C)O)cc1. The highest BCUT2D eigenvalue weighted by Gasteiger charge is 2.40. The number of likely N-dealkylation sites (tertiary alicyclic amines) is 1. The highest BCUT2D eigenvalue weighted by molar-refractivity contribution is 6.42. The largest absolute Gasteiger partial charge is 0.388 e. The Morgan fingerprint density at radius 2 is 1.65 bits per heavy atom. The molecule has 2 rings (SSSR count). The van der Waals surface area contributed by atoms with Crippen LogP contribution in [-0.4, -0.2) is 39.9 Å². The predicted molar refractivity (Wildman–Crippen MR) is 90.5 cm³/mol. The van der Waals surface area contributed by atoms with Gasteiger partial charge in [0.15, 0.2) is 0 Å². The zero-order chi connectivity index (χ0) is 17.4. The molecule has 1 heterocycles. The van der Waals surface area contributed by atoms with Crippen molar-refractivity contribution in [1.82, 2.24) is 4.90 Å². The molecule has 23 heavy (non-hydrogen) atoms. The number of nitrogens with zero attached hydrogens (tertiary/aromatic N) is 1. The average molecular weight is 317 g/mol. The number of carbonyl (C=O) groups excluding carboxylic acids is 2. The van der Waals surface area contributed by atoms with Crippen LogP contribution in [0.15, 0.2) is 24.3 Å². The van der Waals surface area contributed by atoms with Gasteiger partial charge in [0.05, 0.1) is 11.6 Å². The van der Waals surface area contributed by atoms with Gasteiger partial charge in [-0.25, -0.2) is 0 Å². The zero-order valence-corrected chi connectivity index (χ0v) is 14.7. The van der Waals surface area contributed by atoms with Crippen LogP contribution in [0.5, 0.6) is 0 Å². The van der Waals surface area contributed by atoms with E-state index >= 15 is 0 Å². The summed E-state index contributed by atoms with van der Waals surface area (Å²) in [5, 5.41) is 10.2. The van der Waals surface area contributed by atoms with Gasteiger partial charge in [-0.2, -0.15) is 0 Å². The molecule has 4 heteroatoms. The Morgan fingerprint density at radius 1 is 1.09 bits per heavy atom.